The third-order valence-corrected chi connectivity index (χ3v) is 4.85. The minimum atomic E-state index is -0.226. The molecule has 2 amide bonds. The fourth-order valence-electron chi connectivity index (χ4n) is 2.53. The molecule has 3 rings (SSSR count). The first-order valence-corrected chi connectivity index (χ1v) is 9.82. The second kappa shape index (κ2) is 9.10. The van der Waals surface area contributed by atoms with E-state index in [4.69, 9.17) is 4.74 Å². The van der Waals surface area contributed by atoms with Crippen LogP contribution in [0.25, 0.3) is 0 Å². The van der Waals surface area contributed by atoms with Gasteiger partial charge in [0.25, 0.3) is 11.8 Å². The molecule has 28 heavy (non-hydrogen) atoms. The number of carbonyl (C=O) groups excluding carboxylic acids is 2. The van der Waals surface area contributed by atoms with Gasteiger partial charge in [0.2, 0.25) is 0 Å². The van der Waals surface area contributed by atoms with Gasteiger partial charge in [-0.3, -0.25) is 9.59 Å². The van der Waals surface area contributed by atoms with Gasteiger partial charge >= 0.3 is 0 Å². The maximum Gasteiger partial charge on any atom is 0.255 e. The zero-order valence-electron chi connectivity index (χ0n) is 15.6. The van der Waals surface area contributed by atoms with Crippen molar-refractivity contribution >= 4 is 35.0 Å². The molecule has 3 aromatic carbocycles. The van der Waals surface area contributed by atoms with Crippen LogP contribution in [-0.2, 0) is 0 Å². The lowest BCUT2D eigenvalue weighted by atomic mass is 10.1. The van der Waals surface area contributed by atoms with Crippen molar-refractivity contribution < 1.29 is 14.3 Å². The van der Waals surface area contributed by atoms with Crippen LogP contribution in [0.15, 0.2) is 77.7 Å². The summed E-state index contributed by atoms with van der Waals surface area (Å²) < 4.78 is 5.10. The van der Waals surface area contributed by atoms with Gasteiger partial charge in [-0.1, -0.05) is 0 Å². The van der Waals surface area contributed by atoms with E-state index in [1.807, 2.05) is 18.4 Å². The summed E-state index contributed by atoms with van der Waals surface area (Å²) in [4.78, 5) is 25.8. The first-order valence-electron chi connectivity index (χ1n) is 8.60. The predicted molar refractivity (Wildman–Crippen MR) is 114 cm³/mol. The summed E-state index contributed by atoms with van der Waals surface area (Å²) in [6.45, 7) is 0. The van der Waals surface area contributed by atoms with Crippen LogP contribution in [0.3, 0.4) is 0 Å². The van der Waals surface area contributed by atoms with E-state index in [1.165, 1.54) is 0 Å². The molecule has 0 atom stereocenters. The van der Waals surface area contributed by atoms with Gasteiger partial charge in [0.05, 0.1) is 7.11 Å². The number of rotatable bonds is 6. The Morgan fingerprint density at radius 1 is 0.714 bits per heavy atom. The third-order valence-electron chi connectivity index (χ3n) is 4.11. The van der Waals surface area contributed by atoms with E-state index in [-0.39, 0.29) is 11.8 Å². The first kappa shape index (κ1) is 19.5. The smallest absolute Gasteiger partial charge is 0.255 e. The van der Waals surface area contributed by atoms with E-state index in [0.29, 0.717) is 22.5 Å². The van der Waals surface area contributed by atoms with E-state index in [9.17, 15) is 9.59 Å². The van der Waals surface area contributed by atoms with Crippen LogP contribution < -0.4 is 15.4 Å². The van der Waals surface area contributed by atoms with E-state index < -0.39 is 0 Å². The van der Waals surface area contributed by atoms with E-state index in [0.717, 1.165) is 10.6 Å². The van der Waals surface area contributed by atoms with Crippen LogP contribution in [-0.4, -0.2) is 25.2 Å². The summed E-state index contributed by atoms with van der Waals surface area (Å²) in [5, 5.41) is 5.66. The van der Waals surface area contributed by atoms with Gasteiger partial charge in [-0.05, 0) is 79.1 Å². The molecule has 0 heterocycles. The molecule has 0 spiro atoms. The average Bonchev–Trinajstić information content (AvgIpc) is 2.74. The number of benzene rings is 3. The lowest BCUT2D eigenvalue weighted by molar-refractivity contribution is 0.102. The molecule has 5 nitrogen and oxygen atoms in total. The summed E-state index contributed by atoms with van der Waals surface area (Å²) >= 11 is 1.62. The van der Waals surface area contributed by atoms with Crippen LogP contribution in [0.1, 0.15) is 20.7 Å². The van der Waals surface area contributed by atoms with Crippen LogP contribution >= 0.6 is 11.8 Å². The SMILES string of the molecule is COc1ccc(NC(=O)c2ccc(NC(=O)c3ccc(SC)cc3)cc2)cc1. The predicted octanol–water partition coefficient (Wildman–Crippen LogP) is 4.92. The molecule has 2 N–H and O–H groups in total. The minimum Gasteiger partial charge on any atom is -0.497 e. The van der Waals surface area contributed by atoms with Gasteiger partial charge in [0.1, 0.15) is 5.75 Å². The molecule has 0 bridgehead atoms. The number of hydrogen-bond acceptors (Lipinski definition) is 4. The lowest BCUT2D eigenvalue weighted by Crippen LogP contribution is -2.13. The third kappa shape index (κ3) is 4.92. The molecule has 0 aliphatic heterocycles. The van der Waals surface area contributed by atoms with Crippen LogP contribution in [0, 0.1) is 0 Å². The van der Waals surface area contributed by atoms with Gasteiger partial charge in [-0.25, -0.2) is 0 Å². The highest BCUT2D eigenvalue weighted by molar-refractivity contribution is 7.98. The molecule has 0 saturated carbocycles. The van der Waals surface area contributed by atoms with E-state index in [2.05, 4.69) is 10.6 Å². The molecule has 142 valence electrons. The Labute approximate surface area is 168 Å². The number of carbonyl (C=O) groups is 2. The fourth-order valence-corrected chi connectivity index (χ4v) is 2.94. The number of ether oxygens (including phenoxy) is 1. The highest BCUT2D eigenvalue weighted by Crippen LogP contribution is 2.18. The standard InChI is InChI=1S/C22H20N2O3S/c1-27-19-11-9-18(10-12-19)24-21(25)15-3-7-17(8-4-15)23-22(26)16-5-13-20(28-2)14-6-16/h3-14H,1-2H3,(H,23,26)(H,24,25). The highest BCUT2D eigenvalue weighted by atomic mass is 32.2. The number of anilines is 2. The fraction of sp³-hybridized carbons (Fsp3) is 0.0909. The zero-order valence-corrected chi connectivity index (χ0v) is 16.4. The number of nitrogens with one attached hydrogen (secondary N) is 2. The Kier molecular flexibility index (Phi) is 6.34. The summed E-state index contributed by atoms with van der Waals surface area (Å²) in [7, 11) is 1.59. The Bertz CT molecular complexity index is 953. The van der Waals surface area contributed by atoms with Gasteiger partial charge in [0.15, 0.2) is 0 Å². The number of thioether (sulfide) groups is 1. The molecular weight excluding hydrogens is 372 g/mol. The molecule has 0 aliphatic rings. The number of hydrogen-bond donors (Lipinski definition) is 2. The van der Waals surface area contributed by atoms with Crippen molar-refractivity contribution in [2.45, 2.75) is 4.90 Å². The normalized spacial score (nSPS) is 10.2. The summed E-state index contributed by atoms with van der Waals surface area (Å²) in [5.41, 5.74) is 2.38. The second-order valence-corrected chi connectivity index (χ2v) is 6.82. The molecule has 0 saturated heterocycles. The quantitative estimate of drug-likeness (QED) is 0.584. The number of amides is 2. The minimum absolute atomic E-state index is 0.192. The average molecular weight is 392 g/mol. The van der Waals surface area contributed by atoms with Gasteiger partial charge < -0.3 is 15.4 Å². The van der Waals surface area contributed by atoms with E-state index >= 15 is 0 Å². The van der Waals surface area contributed by atoms with Gasteiger partial charge in [-0.2, -0.15) is 0 Å². The Morgan fingerprint density at radius 2 is 1.14 bits per heavy atom. The van der Waals surface area contributed by atoms with Crippen LogP contribution in [0.5, 0.6) is 5.75 Å². The molecule has 0 aliphatic carbocycles. The Hall–Kier alpha value is -3.25. The summed E-state index contributed by atoms with van der Waals surface area (Å²) in [6, 6.07) is 21.3. The van der Waals surface area contributed by atoms with Crippen molar-refractivity contribution in [1.29, 1.82) is 0 Å². The maximum absolute atomic E-state index is 12.4. The Balaban J connectivity index is 1.61. The van der Waals surface area contributed by atoms with E-state index in [1.54, 1.807) is 79.5 Å². The lowest BCUT2D eigenvalue weighted by Gasteiger charge is -2.08. The van der Waals surface area contributed by atoms with Crippen LogP contribution in [0.4, 0.5) is 11.4 Å². The Morgan fingerprint density at radius 3 is 1.57 bits per heavy atom. The van der Waals surface area contributed by atoms with Crippen molar-refractivity contribution in [2.75, 3.05) is 24.0 Å². The van der Waals surface area contributed by atoms with Crippen molar-refractivity contribution in [3.8, 4) is 5.75 Å². The summed E-state index contributed by atoms with van der Waals surface area (Å²) in [6.07, 6.45) is 1.99. The van der Waals surface area contributed by atoms with Gasteiger partial charge in [0, 0.05) is 27.4 Å². The molecular formula is C22H20N2O3S. The highest BCUT2D eigenvalue weighted by Gasteiger charge is 2.09. The second-order valence-electron chi connectivity index (χ2n) is 5.94. The molecule has 0 unspecified atom stereocenters. The van der Waals surface area contributed by atoms with Crippen molar-refractivity contribution in [3.63, 3.8) is 0 Å². The molecule has 0 aromatic heterocycles. The summed E-state index contributed by atoms with van der Waals surface area (Å²) in [5.74, 6) is 0.306. The molecule has 0 fully saturated rings. The molecule has 3 aromatic rings. The monoisotopic (exact) mass is 392 g/mol. The van der Waals surface area contributed by atoms with Crippen LogP contribution in [0.2, 0.25) is 0 Å². The van der Waals surface area contributed by atoms with Crippen molar-refractivity contribution in [3.05, 3.63) is 83.9 Å². The molecule has 6 heteroatoms. The van der Waals surface area contributed by atoms with Gasteiger partial charge in [-0.15, -0.1) is 11.8 Å². The van der Waals surface area contributed by atoms with Crippen molar-refractivity contribution in [2.24, 2.45) is 0 Å². The topological polar surface area (TPSA) is 67.4 Å². The molecule has 0 radical (unpaired) electrons. The van der Waals surface area contributed by atoms with Crippen molar-refractivity contribution in [1.82, 2.24) is 0 Å². The first-order chi connectivity index (χ1) is 13.6. The maximum atomic E-state index is 12.4. The number of methoxy groups -OCH3 is 1. The largest absolute Gasteiger partial charge is 0.497 e. The zero-order chi connectivity index (χ0) is 19.9.